The first-order valence-electron chi connectivity index (χ1n) is 3.89. The van der Waals surface area contributed by atoms with Crippen molar-refractivity contribution in [1.82, 2.24) is 0 Å². The number of carbonyl (C=O) groups is 2. The first-order chi connectivity index (χ1) is 7.34. The van der Waals surface area contributed by atoms with Crippen molar-refractivity contribution in [3.63, 3.8) is 0 Å². The molecule has 16 heavy (non-hydrogen) atoms. The maximum Gasteiger partial charge on any atom is 0.340 e. The molecule has 0 saturated heterocycles. The molecule has 0 unspecified atom stereocenters. The van der Waals surface area contributed by atoms with Gasteiger partial charge in [0.1, 0.15) is 11.3 Å². The molecule has 8 heteroatoms. The average Bonchev–Trinajstić information content (AvgIpc) is 2.15. The Morgan fingerprint density at radius 3 is 2.31 bits per heavy atom. The van der Waals surface area contributed by atoms with E-state index in [0.717, 1.165) is 0 Å². The molecule has 0 bridgehead atoms. The Bertz CT molecular complexity index is 496. The number of nitrogens with zero attached hydrogens (tertiary/aromatic N) is 1. The summed E-state index contributed by atoms with van der Waals surface area (Å²) >= 11 is 0. The fourth-order valence-electron chi connectivity index (χ4n) is 1.14. The van der Waals surface area contributed by atoms with Crippen LogP contribution in [0.15, 0.2) is 12.1 Å². The van der Waals surface area contributed by atoms with Crippen LogP contribution in [0.5, 0.6) is 5.75 Å². The summed E-state index contributed by atoms with van der Waals surface area (Å²) in [5, 5.41) is 28.3. The van der Waals surface area contributed by atoms with Gasteiger partial charge in [-0.1, -0.05) is 0 Å². The van der Waals surface area contributed by atoms with Crippen LogP contribution >= 0.6 is 0 Å². The van der Waals surface area contributed by atoms with Gasteiger partial charge in [0.05, 0.1) is 16.6 Å². The fourth-order valence-corrected chi connectivity index (χ4v) is 1.14. The second kappa shape index (κ2) is 3.85. The largest absolute Gasteiger partial charge is 0.507 e. The van der Waals surface area contributed by atoms with Crippen LogP contribution in [-0.4, -0.2) is 27.0 Å². The summed E-state index contributed by atoms with van der Waals surface area (Å²) in [6.07, 6.45) is 0. The molecule has 0 heterocycles. The number of nitro benzene ring substituents is 1. The van der Waals surface area contributed by atoms with Gasteiger partial charge in [-0.2, -0.15) is 0 Å². The van der Waals surface area contributed by atoms with E-state index >= 15 is 0 Å². The van der Waals surface area contributed by atoms with Crippen LogP contribution in [0.4, 0.5) is 5.69 Å². The number of hydrogen-bond acceptors (Lipinski definition) is 5. The highest BCUT2D eigenvalue weighted by atomic mass is 16.6. The lowest BCUT2D eigenvalue weighted by atomic mass is 10.0. The summed E-state index contributed by atoms with van der Waals surface area (Å²) in [7, 11) is 0. The third-order valence-corrected chi connectivity index (χ3v) is 1.79. The summed E-state index contributed by atoms with van der Waals surface area (Å²) < 4.78 is 0. The second-order valence-electron chi connectivity index (χ2n) is 2.81. The second-order valence-corrected chi connectivity index (χ2v) is 2.81. The molecule has 0 aromatic heterocycles. The number of hydrogen-bond donors (Lipinski definition) is 3. The Morgan fingerprint density at radius 2 is 1.94 bits per heavy atom. The molecule has 1 aromatic carbocycles. The molecule has 1 aromatic rings. The lowest BCUT2D eigenvalue weighted by Crippen LogP contribution is -2.16. The number of amides is 1. The van der Waals surface area contributed by atoms with Gasteiger partial charge in [-0.05, 0) is 0 Å². The normalized spacial score (nSPS) is 9.75. The van der Waals surface area contributed by atoms with E-state index in [4.69, 9.17) is 10.8 Å². The topological polar surface area (TPSA) is 144 Å². The standard InChI is InChI=1S/C8H6N2O6/c9-7(12)4-1-3(10(15)16)2-5(11)6(4)8(13)14/h1-2,11H,(H2,9,12)(H,13,14). The molecule has 1 rings (SSSR count). The number of carboxylic acids is 1. The van der Waals surface area contributed by atoms with Gasteiger partial charge in [0, 0.05) is 6.07 Å². The number of primary amides is 1. The van der Waals surface area contributed by atoms with Crippen LogP contribution in [0.2, 0.25) is 0 Å². The van der Waals surface area contributed by atoms with E-state index in [-0.39, 0.29) is 0 Å². The van der Waals surface area contributed by atoms with Crippen molar-refractivity contribution < 1.29 is 24.7 Å². The van der Waals surface area contributed by atoms with E-state index in [1.807, 2.05) is 0 Å². The number of carbonyl (C=O) groups excluding carboxylic acids is 1. The molecule has 0 saturated carbocycles. The van der Waals surface area contributed by atoms with Crippen LogP contribution in [-0.2, 0) is 0 Å². The molecule has 0 atom stereocenters. The van der Waals surface area contributed by atoms with E-state index in [9.17, 15) is 24.8 Å². The fraction of sp³-hybridized carbons (Fsp3) is 0. The maximum atomic E-state index is 10.9. The van der Waals surface area contributed by atoms with Gasteiger partial charge in [-0.3, -0.25) is 14.9 Å². The first-order valence-corrected chi connectivity index (χ1v) is 3.89. The van der Waals surface area contributed by atoms with E-state index in [1.54, 1.807) is 0 Å². The number of non-ortho nitro benzene ring substituents is 1. The van der Waals surface area contributed by atoms with Gasteiger partial charge in [0.15, 0.2) is 0 Å². The highest BCUT2D eigenvalue weighted by Gasteiger charge is 2.23. The van der Waals surface area contributed by atoms with Gasteiger partial charge < -0.3 is 15.9 Å². The summed E-state index contributed by atoms with van der Waals surface area (Å²) in [6.45, 7) is 0. The summed E-state index contributed by atoms with van der Waals surface area (Å²) in [5.74, 6) is -3.65. The molecule has 1 amide bonds. The maximum absolute atomic E-state index is 10.9. The molecular weight excluding hydrogens is 220 g/mol. The van der Waals surface area contributed by atoms with Gasteiger partial charge in [-0.25, -0.2) is 4.79 Å². The number of phenols is 1. The van der Waals surface area contributed by atoms with E-state index in [0.29, 0.717) is 12.1 Å². The lowest BCUT2D eigenvalue weighted by molar-refractivity contribution is -0.385. The Kier molecular flexibility index (Phi) is 2.75. The predicted molar refractivity (Wildman–Crippen MR) is 50.2 cm³/mol. The van der Waals surface area contributed by atoms with Gasteiger partial charge in [0.25, 0.3) is 5.69 Å². The van der Waals surface area contributed by atoms with Crippen molar-refractivity contribution in [2.75, 3.05) is 0 Å². The van der Waals surface area contributed by atoms with Crippen molar-refractivity contribution in [2.24, 2.45) is 5.73 Å². The summed E-state index contributed by atoms with van der Waals surface area (Å²) in [4.78, 5) is 31.1. The zero-order chi connectivity index (χ0) is 12.5. The molecular formula is C8H6N2O6. The highest BCUT2D eigenvalue weighted by molar-refractivity contribution is 6.06. The van der Waals surface area contributed by atoms with Crippen LogP contribution in [0.25, 0.3) is 0 Å². The molecule has 0 aliphatic rings. The van der Waals surface area contributed by atoms with Crippen LogP contribution in [0, 0.1) is 10.1 Å². The van der Waals surface area contributed by atoms with Crippen molar-refractivity contribution in [2.45, 2.75) is 0 Å². The van der Waals surface area contributed by atoms with Crippen molar-refractivity contribution >= 4 is 17.6 Å². The monoisotopic (exact) mass is 226 g/mol. The van der Waals surface area contributed by atoms with Gasteiger partial charge in [-0.15, -0.1) is 0 Å². The Morgan fingerprint density at radius 1 is 1.38 bits per heavy atom. The van der Waals surface area contributed by atoms with Crippen molar-refractivity contribution in [3.8, 4) is 5.75 Å². The molecule has 0 spiro atoms. The molecule has 0 aliphatic carbocycles. The van der Waals surface area contributed by atoms with Crippen LogP contribution in [0.3, 0.4) is 0 Å². The van der Waals surface area contributed by atoms with Gasteiger partial charge >= 0.3 is 5.97 Å². The molecule has 0 fully saturated rings. The highest BCUT2D eigenvalue weighted by Crippen LogP contribution is 2.27. The number of benzene rings is 1. The first kappa shape index (κ1) is 11.4. The molecule has 4 N–H and O–H groups in total. The Labute approximate surface area is 88.1 Å². The number of rotatable bonds is 3. The number of aromatic hydroxyl groups is 1. The van der Waals surface area contributed by atoms with E-state index in [2.05, 4.69) is 0 Å². The van der Waals surface area contributed by atoms with E-state index < -0.39 is 39.4 Å². The third-order valence-electron chi connectivity index (χ3n) is 1.79. The third kappa shape index (κ3) is 1.90. The van der Waals surface area contributed by atoms with E-state index in [1.165, 1.54) is 0 Å². The van der Waals surface area contributed by atoms with Crippen LogP contribution < -0.4 is 5.73 Å². The minimum atomic E-state index is -1.60. The summed E-state index contributed by atoms with van der Waals surface area (Å²) in [5.41, 5.74) is 2.88. The van der Waals surface area contributed by atoms with Crippen LogP contribution in [0.1, 0.15) is 20.7 Å². The smallest absolute Gasteiger partial charge is 0.340 e. The SMILES string of the molecule is NC(=O)c1cc([N+](=O)[O-])cc(O)c1C(=O)O. The zero-order valence-corrected chi connectivity index (χ0v) is 7.71. The Balaban J connectivity index is 3.58. The van der Waals surface area contributed by atoms with Crippen molar-refractivity contribution in [3.05, 3.63) is 33.4 Å². The lowest BCUT2D eigenvalue weighted by Gasteiger charge is -2.04. The molecule has 0 radical (unpaired) electrons. The average molecular weight is 226 g/mol. The quantitative estimate of drug-likeness (QED) is 0.492. The number of aromatic carboxylic acids is 1. The minimum absolute atomic E-state index is 0.612. The predicted octanol–water partition coefficient (Wildman–Crippen LogP) is 0.0975. The Hall–Kier alpha value is -2.64. The number of carboxylic acid groups (broad SMARTS) is 1. The minimum Gasteiger partial charge on any atom is -0.507 e. The summed E-state index contributed by atoms with van der Waals surface area (Å²) in [6, 6.07) is 1.33. The molecule has 0 aliphatic heterocycles. The van der Waals surface area contributed by atoms with Gasteiger partial charge in [0.2, 0.25) is 5.91 Å². The molecule has 84 valence electrons. The number of nitrogens with two attached hydrogens (primary N) is 1. The zero-order valence-electron chi connectivity index (χ0n) is 7.71. The van der Waals surface area contributed by atoms with Crippen molar-refractivity contribution in [1.29, 1.82) is 0 Å². The number of nitro groups is 1. The molecule has 8 nitrogen and oxygen atoms in total.